The molecule has 0 saturated heterocycles. The summed E-state index contributed by atoms with van der Waals surface area (Å²) in [7, 11) is 0. The van der Waals surface area contributed by atoms with E-state index in [1.54, 1.807) is 17.0 Å². The average Bonchev–Trinajstić information content (AvgIpc) is 3.21. The SMILES string of the molecule is CCN1C(=O)/C(=C\c2ccc(-c3cccc(Cl)c3Cl)o2)c2ccccc21. The van der Waals surface area contributed by atoms with Crippen molar-refractivity contribution in [2.24, 2.45) is 0 Å². The second kappa shape index (κ2) is 6.67. The zero-order valence-electron chi connectivity index (χ0n) is 14.0. The molecule has 0 aliphatic carbocycles. The number of carbonyl (C=O) groups is 1. The molecule has 2 heterocycles. The van der Waals surface area contributed by atoms with Gasteiger partial charge in [-0.25, -0.2) is 0 Å². The van der Waals surface area contributed by atoms with E-state index in [2.05, 4.69) is 0 Å². The Kier molecular flexibility index (Phi) is 4.35. The average molecular weight is 384 g/mol. The van der Waals surface area contributed by atoms with Crippen LogP contribution in [0.5, 0.6) is 0 Å². The first kappa shape index (κ1) is 17.0. The first-order valence-electron chi connectivity index (χ1n) is 8.27. The lowest BCUT2D eigenvalue weighted by atomic mass is 10.1. The lowest BCUT2D eigenvalue weighted by Gasteiger charge is -2.13. The molecule has 0 radical (unpaired) electrons. The first-order chi connectivity index (χ1) is 12.6. The van der Waals surface area contributed by atoms with Gasteiger partial charge in [0.1, 0.15) is 11.5 Å². The molecular formula is C21H15Cl2NO2. The fraction of sp³-hybridized carbons (Fsp3) is 0.0952. The quantitative estimate of drug-likeness (QED) is 0.507. The molecular weight excluding hydrogens is 369 g/mol. The molecule has 26 heavy (non-hydrogen) atoms. The number of anilines is 1. The van der Waals surface area contributed by atoms with E-state index in [0.717, 1.165) is 16.8 Å². The van der Waals surface area contributed by atoms with Crippen LogP contribution in [0.4, 0.5) is 5.69 Å². The van der Waals surface area contributed by atoms with Crippen molar-refractivity contribution in [2.45, 2.75) is 6.92 Å². The summed E-state index contributed by atoms with van der Waals surface area (Å²) >= 11 is 12.3. The van der Waals surface area contributed by atoms with Crippen LogP contribution in [-0.2, 0) is 4.79 Å². The topological polar surface area (TPSA) is 33.5 Å². The predicted molar refractivity (Wildman–Crippen MR) is 107 cm³/mol. The zero-order valence-corrected chi connectivity index (χ0v) is 15.5. The van der Waals surface area contributed by atoms with Crippen molar-refractivity contribution >= 4 is 46.4 Å². The predicted octanol–water partition coefficient (Wildman–Crippen LogP) is 6.16. The fourth-order valence-corrected chi connectivity index (χ4v) is 3.57. The summed E-state index contributed by atoms with van der Waals surface area (Å²) in [6.45, 7) is 2.58. The van der Waals surface area contributed by atoms with Gasteiger partial charge < -0.3 is 9.32 Å². The molecule has 0 unspecified atom stereocenters. The number of rotatable bonds is 3. The molecule has 2 aromatic carbocycles. The van der Waals surface area contributed by atoms with E-state index < -0.39 is 0 Å². The Balaban J connectivity index is 1.75. The Morgan fingerprint density at radius 3 is 2.58 bits per heavy atom. The number of hydrogen-bond donors (Lipinski definition) is 0. The van der Waals surface area contributed by atoms with Gasteiger partial charge in [-0.15, -0.1) is 0 Å². The number of likely N-dealkylation sites (N-methyl/N-ethyl adjacent to an activating group) is 1. The highest BCUT2D eigenvalue weighted by atomic mass is 35.5. The van der Waals surface area contributed by atoms with Gasteiger partial charge in [0.25, 0.3) is 5.91 Å². The number of nitrogens with zero attached hydrogens (tertiary/aromatic N) is 1. The molecule has 1 aromatic heterocycles. The van der Waals surface area contributed by atoms with Gasteiger partial charge in [-0.05, 0) is 43.3 Å². The van der Waals surface area contributed by atoms with Gasteiger partial charge in [0.15, 0.2) is 0 Å². The molecule has 1 aliphatic heterocycles. The summed E-state index contributed by atoms with van der Waals surface area (Å²) in [5.74, 6) is 1.18. The van der Waals surface area contributed by atoms with Crippen LogP contribution in [0.15, 0.2) is 59.0 Å². The lowest BCUT2D eigenvalue weighted by molar-refractivity contribution is -0.112. The van der Waals surface area contributed by atoms with Crippen molar-refractivity contribution < 1.29 is 9.21 Å². The molecule has 4 rings (SSSR count). The molecule has 3 nitrogen and oxygen atoms in total. The molecule has 5 heteroatoms. The molecule has 0 bridgehead atoms. The Labute approximate surface area is 161 Å². The van der Waals surface area contributed by atoms with Crippen molar-refractivity contribution in [3.63, 3.8) is 0 Å². The lowest BCUT2D eigenvalue weighted by Crippen LogP contribution is -2.25. The highest BCUT2D eigenvalue weighted by molar-refractivity contribution is 6.43. The van der Waals surface area contributed by atoms with Crippen LogP contribution in [0.3, 0.4) is 0 Å². The third kappa shape index (κ3) is 2.74. The minimum Gasteiger partial charge on any atom is -0.457 e. The monoisotopic (exact) mass is 383 g/mol. The number of carbonyl (C=O) groups excluding carboxylic acids is 1. The van der Waals surface area contributed by atoms with E-state index in [-0.39, 0.29) is 5.91 Å². The normalized spacial score (nSPS) is 15.0. The van der Waals surface area contributed by atoms with Crippen molar-refractivity contribution in [3.8, 4) is 11.3 Å². The number of para-hydroxylation sites is 1. The minimum atomic E-state index is -0.0209. The summed E-state index contributed by atoms with van der Waals surface area (Å²) in [6.07, 6.45) is 1.78. The summed E-state index contributed by atoms with van der Waals surface area (Å²) in [5, 5.41) is 0.918. The molecule has 0 spiro atoms. The molecule has 130 valence electrons. The summed E-state index contributed by atoms with van der Waals surface area (Å²) in [6, 6.07) is 16.8. The molecule has 0 N–H and O–H groups in total. The van der Waals surface area contributed by atoms with Crippen molar-refractivity contribution in [2.75, 3.05) is 11.4 Å². The van der Waals surface area contributed by atoms with E-state index in [1.165, 1.54) is 0 Å². The third-order valence-electron chi connectivity index (χ3n) is 4.41. The van der Waals surface area contributed by atoms with Crippen LogP contribution in [0.2, 0.25) is 10.0 Å². The maximum Gasteiger partial charge on any atom is 0.259 e. The number of fused-ring (bicyclic) bond motifs is 1. The molecule has 0 saturated carbocycles. The van der Waals surface area contributed by atoms with Crippen LogP contribution in [0.25, 0.3) is 23.0 Å². The van der Waals surface area contributed by atoms with Gasteiger partial charge in [-0.3, -0.25) is 4.79 Å². The fourth-order valence-electron chi connectivity index (χ4n) is 3.17. The maximum atomic E-state index is 12.8. The standard InChI is InChI=1S/C21H15Cl2NO2/c1-2-24-18-9-4-3-6-14(18)16(21(24)25)12-13-10-11-19(26-13)15-7-5-8-17(22)20(15)23/h3-12H,2H2,1H3/b16-12-. The van der Waals surface area contributed by atoms with Crippen LogP contribution in [0.1, 0.15) is 18.2 Å². The second-order valence-electron chi connectivity index (χ2n) is 5.93. The van der Waals surface area contributed by atoms with Crippen molar-refractivity contribution in [1.29, 1.82) is 0 Å². The number of halogens is 2. The molecule has 0 atom stereocenters. The Bertz CT molecular complexity index is 1040. The maximum absolute atomic E-state index is 12.8. The summed E-state index contributed by atoms with van der Waals surface area (Å²) in [5.41, 5.74) is 3.19. The smallest absolute Gasteiger partial charge is 0.259 e. The van der Waals surface area contributed by atoms with Gasteiger partial charge >= 0.3 is 0 Å². The van der Waals surface area contributed by atoms with Crippen LogP contribution in [-0.4, -0.2) is 12.5 Å². The van der Waals surface area contributed by atoms with E-state index in [1.807, 2.05) is 55.5 Å². The van der Waals surface area contributed by atoms with E-state index >= 15 is 0 Å². The number of benzene rings is 2. The summed E-state index contributed by atoms with van der Waals surface area (Å²) in [4.78, 5) is 14.5. The summed E-state index contributed by atoms with van der Waals surface area (Å²) < 4.78 is 5.91. The molecule has 0 fully saturated rings. The van der Waals surface area contributed by atoms with Gasteiger partial charge in [-0.1, -0.05) is 47.5 Å². The first-order valence-corrected chi connectivity index (χ1v) is 9.03. The number of hydrogen-bond acceptors (Lipinski definition) is 2. The van der Waals surface area contributed by atoms with E-state index in [0.29, 0.717) is 33.7 Å². The van der Waals surface area contributed by atoms with E-state index in [9.17, 15) is 4.79 Å². The highest BCUT2D eigenvalue weighted by Gasteiger charge is 2.31. The zero-order chi connectivity index (χ0) is 18.3. The third-order valence-corrected chi connectivity index (χ3v) is 5.23. The Hall–Kier alpha value is -2.49. The largest absolute Gasteiger partial charge is 0.457 e. The van der Waals surface area contributed by atoms with Crippen LogP contribution < -0.4 is 4.90 Å². The van der Waals surface area contributed by atoms with Crippen LogP contribution >= 0.6 is 23.2 Å². The number of amides is 1. The Morgan fingerprint density at radius 2 is 1.77 bits per heavy atom. The van der Waals surface area contributed by atoms with Crippen LogP contribution in [0, 0.1) is 0 Å². The van der Waals surface area contributed by atoms with E-state index in [4.69, 9.17) is 27.6 Å². The van der Waals surface area contributed by atoms with Gasteiger partial charge in [-0.2, -0.15) is 0 Å². The van der Waals surface area contributed by atoms with Gasteiger partial charge in [0, 0.05) is 17.7 Å². The molecule has 3 aromatic rings. The van der Waals surface area contributed by atoms with Crippen molar-refractivity contribution in [1.82, 2.24) is 0 Å². The molecule has 1 aliphatic rings. The minimum absolute atomic E-state index is 0.0209. The second-order valence-corrected chi connectivity index (χ2v) is 6.71. The number of furan rings is 1. The van der Waals surface area contributed by atoms with Gasteiger partial charge in [0.05, 0.1) is 21.3 Å². The highest BCUT2D eigenvalue weighted by Crippen LogP contribution is 2.39. The Morgan fingerprint density at radius 1 is 1.00 bits per heavy atom. The van der Waals surface area contributed by atoms with Crippen molar-refractivity contribution in [3.05, 3.63) is 76.0 Å². The molecule has 1 amide bonds. The van der Waals surface area contributed by atoms with Gasteiger partial charge in [0.2, 0.25) is 0 Å².